The number of amides is 1. The van der Waals surface area contributed by atoms with Crippen molar-refractivity contribution >= 4 is 12.0 Å². The topological polar surface area (TPSA) is 47.9 Å². The molecule has 0 spiro atoms. The van der Waals surface area contributed by atoms with Crippen LogP contribution in [-0.2, 0) is 9.47 Å². The van der Waals surface area contributed by atoms with Crippen molar-refractivity contribution in [3.05, 3.63) is 35.4 Å². The van der Waals surface area contributed by atoms with E-state index in [1.54, 1.807) is 0 Å². The normalized spacial score (nSPS) is 11.0. The molecule has 0 radical (unpaired) electrons. The third kappa shape index (κ3) is 2.80. The lowest BCUT2D eigenvalue weighted by molar-refractivity contribution is 0.181. The van der Waals surface area contributed by atoms with Crippen LogP contribution in [-0.4, -0.2) is 26.2 Å². The van der Waals surface area contributed by atoms with Crippen LogP contribution in [0, 0.1) is 6.92 Å². The Labute approximate surface area is 88.5 Å². The number of hydrogen-bond acceptors (Lipinski definition) is 3. The molecule has 0 unspecified atom stereocenters. The van der Waals surface area contributed by atoms with E-state index in [2.05, 4.69) is 9.73 Å². The maximum Gasteiger partial charge on any atom is 0.436 e. The highest BCUT2D eigenvalue weighted by Gasteiger charge is 2.08. The van der Waals surface area contributed by atoms with Crippen molar-refractivity contribution in [1.82, 2.24) is 0 Å². The molecular weight excluding hydrogens is 194 g/mol. The minimum atomic E-state index is -0.671. The number of carbonyl (C=O) groups excluding carboxylic acids is 1. The third-order valence-electron chi connectivity index (χ3n) is 1.94. The van der Waals surface area contributed by atoms with Gasteiger partial charge in [0.2, 0.25) is 5.90 Å². The predicted molar refractivity (Wildman–Crippen MR) is 57.1 cm³/mol. The van der Waals surface area contributed by atoms with Crippen molar-refractivity contribution in [3.63, 3.8) is 0 Å². The van der Waals surface area contributed by atoms with Crippen LogP contribution in [0.4, 0.5) is 4.79 Å². The summed E-state index contributed by atoms with van der Waals surface area (Å²) in [5.41, 5.74) is 1.77. The summed E-state index contributed by atoms with van der Waals surface area (Å²) in [4.78, 5) is 14.7. The van der Waals surface area contributed by atoms with Crippen LogP contribution < -0.4 is 0 Å². The van der Waals surface area contributed by atoms with Crippen molar-refractivity contribution in [2.75, 3.05) is 14.2 Å². The molecule has 0 saturated heterocycles. The molecule has 1 aromatic carbocycles. The summed E-state index contributed by atoms with van der Waals surface area (Å²) in [6.45, 7) is 1.92. The van der Waals surface area contributed by atoms with Gasteiger partial charge in [-0.25, -0.2) is 4.79 Å². The number of ether oxygens (including phenoxy) is 2. The van der Waals surface area contributed by atoms with Gasteiger partial charge in [0.1, 0.15) is 0 Å². The summed E-state index contributed by atoms with van der Waals surface area (Å²) >= 11 is 0. The quantitative estimate of drug-likeness (QED) is 0.523. The highest BCUT2D eigenvalue weighted by atomic mass is 16.5. The Balaban J connectivity index is 3.08. The monoisotopic (exact) mass is 207 g/mol. The van der Waals surface area contributed by atoms with Crippen LogP contribution in [0.3, 0.4) is 0 Å². The van der Waals surface area contributed by atoms with Gasteiger partial charge in [0.25, 0.3) is 0 Å². The van der Waals surface area contributed by atoms with Crippen LogP contribution in [0.25, 0.3) is 0 Å². The number of hydrogen-bond donors (Lipinski definition) is 0. The summed E-state index contributed by atoms with van der Waals surface area (Å²) < 4.78 is 9.48. The highest BCUT2D eigenvalue weighted by Crippen LogP contribution is 2.09. The first-order chi connectivity index (χ1) is 7.19. The molecule has 0 saturated carbocycles. The fourth-order valence-electron chi connectivity index (χ4n) is 1.16. The van der Waals surface area contributed by atoms with Gasteiger partial charge in [-0.15, -0.1) is 4.99 Å². The summed E-state index contributed by atoms with van der Waals surface area (Å²) in [5.74, 6) is 0.264. The average molecular weight is 207 g/mol. The molecule has 4 heteroatoms. The molecule has 0 aliphatic heterocycles. The maximum absolute atomic E-state index is 11.0. The van der Waals surface area contributed by atoms with Crippen LogP contribution in [0.5, 0.6) is 0 Å². The van der Waals surface area contributed by atoms with E-state index in [1.807, 2.05) is 31.2 Å². The number of benzene rings is 1. The zero-order valence-corrected chi connectivity index (χ0v) is 8.98. The lowest BCUT2D eigenvalue weighted by Crippen LogP contribution is -2.09. The van der Waals surface area contributed by atoms with E-state index in [0.29, 0.717) is 0 Å². The Morgan fingerprint density at radius 3 is 2.40 bits per heavy atom. The van der Waals surface area contributed by atoms with Gasteiger partial charge >= 0.3 is 6.09 Å². The third-order valence-corrected chi connectivity index (χ3v) is 1.94. The molecule has 1 rings (SSSR count). The number of nitrogens with zero attached hydrogens (tertiary/aromatic N) is 1. The molecule has 0 heterocycles. The lowest BCUT2D eigenvalue weighted by atomic mass is 10.1. The zero-order chi connectivity index (χ0) is 11.3. The van der Waals surface area contributed by atoms with Gasteiger partial charge in [0.05, 0.1) is 14.2 Å². The molecule has 80 valence electrons. The summed E-state index contributed by atoms with van der Waals surface area (Å²) in [5, 5.41) is 0. The Hall–Kier alpha value is -1.84. The van der Waals surface area contributed by atoms with Crippen molar-refractivity contribution in [3.8, 4) is 0 Å². The van der Waals surface area contributed by atoms with E-state index in [9.17, 15) is 4.79 Å². The second-order valence-electron chi connectivity index (χ2n) is 2.91. The van der Waals surface area contributed by atoms with Crippen LogP contribution in [0.15, 0.2) is 29.3 Å². The Kier molecular flexibility index (Phi) is 3.85. The van der Waals surface area contributed by atoms with E-state index in [-0.39, 0.29) is 5.90 Å². The fourth-order valence-corrected chi connectivity index (χ4v) is 1.16. The number of rotatable bonds is 1. The minimum absolute atomic E-state index is 0.264. The lowest BCUT2D eigenvalue weighted by Gasteiger charge is -2.06. The van der Waals surface area contributed by atoms with Gasteiger partial charge in [-0.05, 0) is 18.6 Å². The Bertz CT molecular complexity index is 385. The zero-order valence-electron chi connectivity index (χ0n) is 8.98. The van der Waals surface area contributed by atoms with Crippen molar-refractivity contribution in [2.24, 2.45) is 4.99 Å². The van der Waals surface area contributed by atoms with E-state index < -0.39 is 6.09 Å². The smallest absolute Gasteiger partial charge is 0.436 e. The van der Waals surface area contributed by atoms with Gasteiger partial charge in [-0.1, -0.05) is 18.2 Å². The molecule has 15 heavy (non-hydrogen) atoms. The van der Waals surface area contributed by atoms with E-state index in [0.717, 1.165) is 11.1 Å². The largest absolute Gasteiger partial charge is 0.480 e. The molecule has 1 aromatic rings. The predicted octanol–water partition coefficient (Wildman–Crippen LogP) is 2.15. The summed E-state index contributed by atoms with van der Waals surface area (Å²) in [6.07, 6.45) is -0.671. The van der Waals surface area contributed by atoms with Crippen LogP contribution in [0.1, 0.15) is 11.1 Å². The van der Waals surface area contributed by atoms with Crippen molar-refractivity contribution in [1.29, 1.82) is 0 Å². The summed E-state index contributed by atoms with van der Waals surface area (Å²) in [7, 11) is 2.74. The Morgan fingerprint density at radius 2 is 1.87 bits per heavy atom. The molecular formula is C11H13NO3. The van der Waals surface area contributed by atoms with Gasteiger partial charge in [0, 0.05) is 5.56 Å². The number of methoxy groups -OCH3 is 2. The average Bonchev–Trinajstić information content (AvgIpc) is 2.26. The van der Waals surface area contributed by atoms with E-state index in [1.165, 1.54) is 14.2 Å². The van der Waals surface area contributed by atoms with Crippen LogP contribution >= 0.6 is 0 Å². The second kappa shape index (κ2) is 5.14. The molecule has 0 bridgehead atoms. The standard InChI is InChI=1S/C11H13NO3/c1-8-6-4-5-7-9(8)10(14-2)12-11(13)15-3/h4-7H,1-3H3. The maximum atomic E-state index is 11.0. The first kappa shape index (κ1) is 11.2. The molecule has 0 N–H and O–H groups in total. The van der Waals surface area contributed by atoms with Crippen molar-refractivity contribution < 1.29 is 14.3 Å². The number of aryl methyl sites for hydroxylation is 1. The molecule has 0 fully saturated rings. The second-order valence-corrected chi connectivity index (χ2v) is 2.91. The van der Waals surface area contributed by atoms with E-state index >= 15 is 0 Å². The molecule has 0 aliphatic rings. The first-order valence-corrected chi connectivity index (χ1v) is 4.45. The van der Waals surface area contributed by atoms with E-state index in [4.69, 9.17) is 4.74 Å². The van der Waals surface area contributed by atoms with Crippen LogP contribution in [0.2, 0.25) is 0 Å². The highest BCUT2D eigenvalue weighted by molar-refractivity contribution is 6.00. The molecule has 0 aromatic heterocycles. The summed E-state index contributed by atoms with van der Waals surface area (Å²) in [6, 6.07) is 7.51. The van der Waals surface area contributed by atoms with Crippen molar-refractivity contribution in [2.45, 2.75) is 6.92 Å². The Morgan fingerprint density at radius 1 is 1.20 bits per heavy atom. The molecule has 4 nitrogen and oxygen atoms in total. The van der Waals surface area contributed by atoms with Gasteiger partial charge in [0.15, 0.2) is 0 Å². The first-order valence-electron chi connectivity index (χ1n) is 4.45. The number of carbonyl (C=O) groups is 1. The molecule has 0 atom stereocenters. The van der Waals surface area contributed by atoms with Gasteiger partial charge in [-0.3, -0.25) is 0 Å². The fraction of sp³-hybridized carbons (Fsp3) is 0.273. The van der Waals surface area contributed by atoms with Gasteiger partial charge in [-0.2, -0.15) is 0 Å². The molecule has 0 aliphatic carbocycles. The SMILES string of the molecule is COC(=O)N=C(OC)c1ccccc1C. The minimum Gasteiger partial charge on any atom is -0.480 e. The number of aliphatic imine (C=N–C) groups is 1. The van der Waals surface area contributed by atoms with Gasteiger partial charge < -0.3 is 9.47 Å². The molecule has 1 amide bonds.